The van der Waals surface area contributed by atoms with Crippen LogP contribution in [0.3, 0.4) is 0 Å². The number of carbonyl (C=O) groups is 1. The van der Waals surface area contributed by atoms with Gasteiger partial charge >= 0.3 is 5.97 Å². The molecule has 1 saturated carbocycles. The lowest BCUT2D eigenvalue weighted by Gasteiger charge is -2.29. The molecular formula is C17H34N2O2. The number of carbonyl (C=O) groups excluding carboxylic acids is 1. The van der Waals surface area contributed by atoms with Crippen LogP contribution in [-0.2, 0) is 9.53 Å². The molecule has 0 radical (unpaired) electrons. The van der Waals surface area contributed by atoms with Crippen molar-refractivity contribution in [3.05, 3.63) is 0 Å². The standard InChI is InChI=1S/C17H34N2O2/c1-5-21-16(20)17(2,18-3)12-9-13-19(4)14-15-10-7-6-8-11-15/h15,18H,5-14H2,1-4H3. The summed E-state index contributed by atoms with van der Waals surface area (Å²) in [4.78, 5) is 14.4. The fraction of sp³-hybridized carbons (Fsp3) is 0.941. The molecule has 0 aromatic heterocycles. The Bertz CT molecular complexity index is 303. The lowest BCUT2D eigenvalue weighted by atomic mass is 9.89. The summed E-state index contributed by atoms with van der Waals surface area (Å²) in [6.07, 6.45) is 8.83. The SMILES string of the molecule is CCOC(=O)C(C)(CCCN(C)CC1CCCCC1)NC. The summed E-state index contributed by atoms with van der Waals surface area (Å²) in [7, 11) is 4.04. The molecule has 1 rings (SSSR count). The minimum atomic E-state index is -0.554. The third-order valence-electron chi connectivity index (χ3n) is 4.79. The first kappa shape index (κ1) is 18.4. The Hall–Kier alpha value is -0.610. The van der Waals surface area contributed by atoms with Crippen molar-refractivity contribution in [3.63, 3.8) is 0 Å². The molecule has 0 heterocycles. The normalized spacial score (nSPS) is 19.5. The molecule has 1 aliphatic rings. The summed E-state index contributed by atoms with van der Waals surface area (Å²) in [5, 5.41) is 3.13. The van der Waals surface area contributed by atoms with Crippen LogP contribution in [0.4, 0.5) is 0 Å². The van der Waals surface area contributed by atoms with Gasteiger partial charge in [-0.3, -0.25) is 4.79 Å². The highest BCUT2D eigenvalue weighted by Crippen LogP contribution is 2.24. The molecule has 4 nitrogen and oxygen atoms in total. The molecule has 4 heteroatoms. The molecule has 0 saturated heterocycles. The van der Waals surface area contributed by atoms with Gasteiger partial charge in [-0.1, -0.05) is 19.3 Å². The Balaban J connectivity index is 2.27. The lowest BCUT2D eigenvalue weighted by Crippen LogP contribution is -2.49. The van der Waals surface area contributed by atoms with Crippen LogP contribution in [0.2, 0.25) is 0 Å². The van der Waals surface area contributed by atoms with Crippen molar-refractivity contribution in [2.24, 2.45) is 5.92 Å². The predicted octanol–water partition coefficient (Wildman–Crippen LogP) is 2.82. The van der Waals surface area contributed by atoms with Crippen molar-refractivity contribution in [2.45, 2.75) is 64.3 Å². The number of nitrogens with zero attached hydrogens (tertiary/aromatic N) is 1. The topological polar surface area (TPSA) is 41.6 Å². The Morgan fingerprint density at radius 1 is 1.33 bits per heavy atom. The third kappa shape index (κ3) is 6.35. The van der Waals surface area contributed by atoms with E-state index in [1.165, 1.54) is 38.6 Å². The van der Waals surface area contributed by atoms with E-state index in [2.05, 4.69) is 17.3 Å². The maximum atomic E-state index is 12.0. The van der Waals surface area contributed by atoms with Gasteiger partial charge < -0.3 is 15.0 Å². The first-order chi connectivity index (χ1) is 10.0. The maximum Gasteiger partial charge on any atom is 0.326 e. The Morgan fingerprint density at radius 2 is 2.00 bits per heavy atom. The van der Waals surface area contributed by atoms with Crippen molar-refractivity contribution in [1.82, 2.24) is 10.2 Å². The van der Waals surface area contributed by atoms with E-state index in [0.29, 0.717) is 6.61 Å². The molecule has 21 heavy (non-hydrogen) atoms. The smallest absolute Gasteiger partial charge is 0.326 e. The molecule has 1 atom stereocenters. The number of hydrogen-bond acceptors (Lipinski definition) is 4. The molecule has 1 N–H and O–H groups in total. The van der Waals surface area contributed by atoms with Crippen LogP contribution >= 0.6 is 0 Å². The summed E-state index contributed by atoms with van der Waals surface area (Å²) in [6, 6.07) is 0. The Kier molecular flexibility index (Phi) is 8.27. The number of ether oxygens (including phenoxy) is 1. The van der Waals surface area contributed by atoms with Gasteiger partial charge in [-0.15, -0.1) is 0 Å². The minimum absolute atomic E-state index is 0.137. The van der Waals surface area contributed by atoms with Gasteiger partial charge in [-0.2, -0.15) is 0 Å². The molecule has 0 spiro atoms. The summed E-state index contributed by atoms with van der Waals surface area (Å²) >= 11 is 0. The van der Waals surface area contributed by atoms with Crippen LogP contribution in [0.25, 0.3) is 0 Å². The van der Waals surface area contributed by atoms with Crippen molar-refractivity contribution >= 4 is 5.97 Å². The van der Waals surface area contributed by atoms with Crippen LogP contribution < -0.4 is 5.32 Å². The van der Waals surface area contributed by atoms with Crippen LogP contribution in [-0.4, -0.2) is 50.2 Å². The first-order valence-electron chi connectivity index (χ1n) is 8.56. The maximum absolute atomic E-state index is 12.0. The quantitative estimate of drug-likeness (QED) is 0.665. The molecular weight excluding hydrogens is 264 g/mol. The van der Waals surface area contributed by atoms with E-state index >= 15 is 0 Å². The highest BCUT2D eigenvalue weighted by molar-refractivity contribution is 5.80. The van der Waals surface area contributed by atoms with Gasteiger partial charge in [-0.05, 0) is 66.1 Å². The molecule has 0 aromatic rings. The second-order valence-electron chi connectivity index (χ2n) is 6.67. The van der Waals surface area contributed by atoms with Gasteiger partial charge in [0.1, 0.15) is 5.54 Å². The molecule has 124 valence electrons. The zero-order valence-corrected chi connectivity index (χ0v) is 14.4. The highest BCUT2D eigenvalue weighted by Gasteiger charge is 2.32. The van der Waals surface area contributed by atoms with Crippen LogP contribution in [0.5, 0.6) is 0 Å². The van der Waals surface area contributed by atoms with Crippen LogP contribution in [0.15, 0.2) is 0 Å². The summed E-state index contributed by atoms with van der Waals surface area (Å²) < 4.78 is 5.16. The van der Waals surface area contributed by atoms with Crippen molar-refractivity contribution in [2.75, 3.05) is 33.8 Å². The first-order valence-corrected chi connectivity index (χ1v) is 8.56. The molecule has 1 fully saturated rings. The van der Waals surface area contributed by atoms with Crippen molar-refractivity contribution in [3.8, 4) is 0 Å². The van der Waals surface area contributed by atoms with Crippen molar-refractivity contribution in [1.29, 1.82) is 0 Å². The van der Waals surface area contributed by atoms with Gasteiger partial charge in [0.15, 0.2) is 0 Å². The Labute approximate surface area is 130 Å². The molecule has 0 aromatic carbocycles. The molecule has 0 amide bonds. The van der Waals surface area contributed by atoms with Gasteiger partial charge in [0.05, 0.1) is 6.61 Å². The number of hydrogen-bond donors (Lipinski definition) is 1. The summed E-state index contributed by atoms with van der Waals surface area (Å²) in [5.41, 5.74) is -0.554. The zero-order valence-electron chi connectivity index (χ0n) is 14.4. The van der Waals surface area contributed by atoms with E-state index in [0.717, 1.165) is 25.3 Å². The summed E-state index contributed by atoms with van der Waals surface area (Å²) in [5.74, 6) is 0.743. The van der Waals surface area contributed by atoms with E-state index in [1.807, 2.05) is 20.9 Å². The third-order valence-corrected chi connectivity index (χ3v) is 4.79. The number of esters is 1. The monoisotopic (exact) mass is 298 g/mol. The van der Waals surface area contributed by atoms with Gasteiger partial charge in [0.25, 0.3) is 0 Å². The average molecular weight is 298 g/mol. The van der Waals surface area contributed by atoms with Crippen LogP contribution in [0, 0.1) is 5.92 Å². The van der Waals surface area contributed by atoms with Crippen LogP contribution in [0.1, 0.15) is 58.8 Å². The zero-order chi connectivity index (χ0) is 15.7. The number of likely N-dealkylation sites (N-methyl/N-ethyl adjacent to an activating group) is 1. The molecule has 0 bridgehead atoms. The fourth-order valence-corrected chi connectivity index (χ4v) is 3.22. The van der Waals surface area contributed by atoms with Gasteiger partial charge in [-0.25, -0.2) is 0 Å². The largest absolute Gasteiger partial charge is 0.465 e. The van der Waals surface area contributed by atoms with Gasteiger partial charge in [0.2, 0.25) is 0 Å². The highest BCUT2D eigenvalue weighted by atomic mass is 16.5. The number of rotatable bonds is 9. The lowest BCUT2D eigenvalue weighted by molar-refractivity contribution is -0.150. The summed E-state index contributed by atoms with van der Waals surface area (Å²) in [6.45, 7) is 6.48. The average Bonchev–Trinajstić information content (AvgIpc) is 2.48. The second-order valence-corrected chi connectivity index (χ2v) is 6.67. The molecule has 0 aliphatic heterocycles. The van der Waals surface area contributed by atoms with E-state index < -0.39 is 5.54 Å². The van der Waals surface area contributed by atoms with E-state index in [-0.39, 0.29) is 5.97 Å². The second kappa shape index (κ2) is 9.42. The van der Waals surface area contributed by atoms with E-state index in [4.69, 9.17) is 4.74 Å². The molecule has 1 aliphatic carbocycles. The van der Waals surface area contributed by atoms with Crippen molar-refractivity contribution < 1.29 is 9.53 Å². The predicted molar refractivity (Wildman–Crippen MR) is 87.4 cm³/mol. The van der Waals surface area contributed by atoms with E-state index in [9.17, 15) is 4.79 Å². The van der Waals surface area contributed by atoms with E-state index in [1.54, 1.807) is 0 Å². The Morgan fingerprint density at radius 3 is 2.57 bits per heavy atom. The fourth-order valence-electron chi connectivity index (χ4n) is 3.22. The number of nitrogens with one attached hydrogen (secondary N) is 1. The van der Waals surface area contributed by atoms with Gasteiger partial charge in [0, 0.05) is 6.54 Å². The minimum Gasteiger partial charge on any atom is -0.465 e. The molecule has 1 unspecified atom stereocenters.